The van der Waals surface area contributed by atoms with Gasteiger partial charge >= 0.3 is 0 Å². The van der Waals surface area contributed by atoms with E-state index in [1.165, 1.54) is 36.0 Å². The number of rotatable bonds is 7. The highest BCUT2D eigenvalue weighted by molar-refractivity contribution is 9.09. The van der Waals surface area contributed by atoms with Crippen LogP contribution in [0.1, 0.15) is 60.5 Å². The molecule has 0 nitrogen and oxygen atoms in total. The highest BCUT2D eigenvalue weighted by Crippen LogP contribution is 2.40. The van der Waals surface area contributed by atoms with E-state index >= 15 is 0 Å². The van der Waals surface area contributed by atoms with Gasteiger partial charge < -0.3 is 0 Å². The Labute approximate surface area is 137 Å². The molecule has 2 atom stereocenters. The molecule has 0 radical (unpaired) electrons. The van der Waals surface area contributed by atoms with E-state index < -0.39 is 0 Å². The first-order valence-electron chi connectivity index (χ1n) is 8.04. The van der Waals surface area contributed by atoms with E-state index in [0.717, 1.165) is 6.42 Å². The lowest BCUT2D eigenvalue weighted by Gasteiger charge is -2.22. The van der Waals surface area contributed by atoms with Crippen molar-refractivity contribution in [3.8, 4) is 0 Å². The van der Waals surface area contributed by atoms with Crippen molar-refractivity contribution in [2.45, 2.75) is 50.3 Å². The van der Waals surface area contributed by atoms with Gasteiger partial charge in [0.15, 0.2) is 0 Å². The Balaban J connectivity index is 2.12. The Bertz CT molecular complexity index is 515. The smallest absolute Gasteiger partial charge is 0.0463 e. The summed E-state index contributed by atoms with van der Waals surface area (Å²) in [5.41, 5.74) is 4.25. The van der Waals surface area contributed by atoms with E-state index in [4.69, 9.17) is 0 Å². The van der Waals surface area contributed by atoms with E-state index in [2.05, 4.69) is 84.4 Å². The molecule has 0 heterocycles. The molecule has 0 aliphatic heterocycles. The van der Waals surface area contributed by atoms with Gasteiger partial charge in [0.25, 0.3) is 0 Å². The molecule has 0 amide bonds. The van der Waals surface area contributed by atoms with E-state index in [0.29, 0.717) is 10.7 Å². The lowest BCUT2D eigenvalue weighted by Crippen LogP contribution is -2.05. The predicted molar refractivity (Wildman–Crippen MR) is 96.2 cm³/mol. The topological polar surface area (TPSA) is 0 Å². The molecule has 0 aliphatic rings. The van der Waals surface area contributed by atoms with Crippen molar-refractivity contribution < 1.29 is 0 Å². The van der Waals surface area contributed by atoms with Gasteiger partial charge in [0.1, 0.15) is 0 Å². The molecule has 1 heteroatoms. The molecule has 0 aliphatic carbocycles. The molecule has 2 aromatic carbocycles. The van der Waals surface area contributed by atoms with Crippen molar-refractivity contribution in [3.63, 3.8) is 0 Å². The van der Waals surface area contributed by atoms with Crippen molar-refractivity contribution in [2.24, 2.45) is 0 Å². The summed E-state index contributed by atoms with van der Waals surface area (Å²) in [4.78, 5) is 0.380. The molecule has 0 saturated carbocycles. The lowest BCUT2D eigenvalue weighted by atomic mass is 9.89. The second-order valence-electron chi connectivity index (χ2n) is 5.67. The summed E-state index contributed by atoms with van der Waals surface area (Å²) in [5, 5.41) is 0. The van der Waals surface area contributed by atoms with Crippen molar-refractivity contribution in [3.05, 3.63) is 71.3 Å². The lowest BCUT2D eigenvalue weighted by molar-refractivity contribution is 0.655. The maximum Gasteiger partial charge on any atom is 0.0463 e. The number of unbranched alkanes of at least 4 members (excludes halogenated alkanes) is 1. The van der Waals surface area contributed by atoms with Crippen LogP contribution in [0.25, 0.3) is 0 Å². The highest BCUT2D eigenvalue weighted by atomic mass is 79.9. The second-order valence-corrected chi connectivity index (χ2v) is 6.66. The average molecular weight is 345 g/mol. The van der Waals surface area contributed by atoms with Gasteiger partial charge in [-0.05, 0) is 36.0 Å². The standard InChI is InChI=1S/C20H25Br/c1-3-5-9-16-12-14-18(15-13-16)20(21)19(4-2)17-10-7-6-8-11-17/h6-8,10-15,19-20H,3-5,9H2,1-2H3. The van der Waals surface area contributed by atoms with Crippen molar-refractivity contribution in [1.82, 2.24) is 0 Å². The van der Waals surface area contributed by atoms with Crippen LogP contribution in [-0.4, -0.2) is 0 Å². The van der Waals surface area contributed by atoms with E-state index in [1.54, 1.807) is 0 Å². The maximum atomic E-state index is 3.93. The third-order valence-corrected chi connectivity index (χ3v) is 5.30. The van der Waals surface area contributed by atoms with Gasteiger partial charge in [-0.2, -0.15) is 0 Å². The summed E-state index contributed by atoms with van der Waals surface area (Å²) >= 11 is 3.93. The van der Waals surface area contributed by atoms with Crippen LogP contribution in [0, 0.1) is 0 Å². The molecule has 2 aromatic rings. The predicted octanol–water partition coefficient (Wildman–Crippen LogP) is 6.66. The van der Waals surface area contributed by atoms with Crippen LogP contribution < -0.4 is 0 Å². The van der Waals surface area contributed by atoms with Crippen LogP contribution in [0.4, 0.5) is 0 Å². The molecule has 2 rings (SSSR count). The Hall–Kier alpha value is -1.08. The maximum absolute atomic E-state index is 3.93. The average Bonchev–Trinajstić information content (AvgIpc) is 2.55. The summed E-state index contributed by atoms with van der Waals surface area (Å²) in [6, 6.07) is 20.0. The number of hydrogen-bond donors (Lipinski definition) is 0. The molecule has 0 saturated heterocycles. The quantitative estimate of drug-likeness (QED) is 0.492. The van der Waals surface area contributed by atoms with Crippen molar-refractivity contribution >= 4 is 15.9 Å². The Morgan fingerprint density at radius 1 is 0.857 bits per heavy atom. The molecule has 21 heavy (non-hydrogen) atoms. The molecule has 0 bridgehead atoms. The molecule has 2 unspecified atom stereocenters. The zero-order valence-electron chi connectivity index (χ0n) is 13.1. The van der Waals surface area contributed by atoms with Gasteiger partial charge in [0.05, 0.1) is 0 Å². The minimum Gasteiger partial charge on any atom is -0.0832 e. The van der Waals surface area contributed by atoms with E-state index in [9.17, 15) is 0 Å². The fourth-order valence-corrected chi connectivity index (χ4v) is 3.78. The minimum absolute atomic E-state index is 0.380. The second kappa shape index (κ2) is 8.38. The van der Waals surface area contributed by atoms with E-state index in [1.807, 2.05) is 0 Å². The molecular weight excluding hydrogens is 320 g/mol. The number of hydrogen-bond acceptors (Lipinski definition) is 0. The normalized spacial score (nSPS) is 13.9. The zero-order valence-corrected chi connectivity index (χ0v) is 14.6. The summed E-state index contributed by atoms with van der Waals surface area (Å²) < 4.78 is 0. The van der Waals surface area contributed by atoms with Gasteiger partial charge in [-0.15, -0.1) is 0 Å². The first-order valence-corrected chi connectivity index (χ1v) is 8.95. The Morgan fingerprint density at radius 2 is 1.52 bits per heavy atom. The summed E-state index contributed by atoms with van der Waals surface area (Å²) in [6.07, 6.45) is 4.87. The molecule has 0 fully saturated rings. The number of aryl methyl sites for hydroxylation is 1. The van der Waals surface area contributed by atoms with E-state index in [-0.39, 0.29) is 0 Å². The molecule has 0 N–H and O–H groups in total. The van der Waals surface area contributed by atoms with Crippen molar-refractivity contribution in [1.29, 1.82) is 0 Å². The van der Waals surface area contributed by atoms with Gasteiger partial charge in [0, 0.05) is 10.7 Å². The molecule has 112 valence electrons. The van der Waals surface area contributed by atoms with Crippen LogP contribution >= 0.6 is 15.9 Å². The number of benzene rings is 2. The van der Waals surface area contributed by atoms with Crippen LogP contribution in [0.15, 0.2) is 54.6 Å². The summed E-state index contributed by atoms with van der Waals surface area (Å²) in [5.74, 6) is 0.521. The zero-order chi connectivity index (χ0) is 15.1. The van der Waals surface area contributed by atoms with Crippen molar-refractivity contribution in [2.75, 3.05) is 0 Å². The van der Waals surface area contributed by atoms with Gasteiger partial charge in [-0.1, -0.05) is 90.8 Å². The molecule has 0 aromatic heterocycles. The van der Waals surface area contributed by atoms with Gasteiger partial charge in [-0.3, -0.25) is 0 Å². The number of halogens is 1. The first-order chi connectivity index (χ1) is 10.3. The monoisotopic (exact) mass is 344 g/mol. The van der Waals surface area contributed by atoms with Crippen LogP contribution in [0.5, 0.6) is 0 Å². The first kappa shape index (κ1) is 16.3. The SMILES string of the molecule is CCCCc1ccc(C(Br)C(CC)c2ccccc2)cc1. The molecular formula is C20H25Br. The fourth-order valence-electron chi connectivity index (χ4n) is 2.79. The summed E-state index contributed by atoms with van der Waals surface area (Å²) in [6.45, 7) is 4.51. The van der Waals surface area contributed by atoms with Crippen LogP contribution in [0.2, 0.25) is 0 Å². The fraction of sp³-hybridized carbons (Fsp3) is 0.400. The summed E-state index contributed by atoms with van der Waals surface area (Å²) in [7, 11) is 0. The van der Waals surface area contributed by atoms with Gasteiger partial charge in [0.2, 0.25) is 0 Å². The van der Waals surface area contributed by atoms with Crippen LogP contribution in [0.3, 0.4) is 0 Å². The largest absolute Gasteiger partial charge is 0.0832 e. The van der Waals surface area contributed by atoms with Gasteiger partial charge in [-0.25, -0.2) is 0 Å². The Morgan fingerprint density at radius 3 is 2.10 bits per heavy atom. The Kier molecular flexibility index (Phi) is 6.50. The third-order valence-electron chi connectivity index (χ3n) is 4.14. The number of alkyl halides is 1. The highest BCUT2D eigenvalue weighted by Gasteiger charge is 2.20. The molecule has 0 spiro atoms. The van der Waals surface area contributed by atoms with Crippen LogP contribution in [-0.2, 0) is 6.42 Å². The minimum atomic E-state index is 0.380. The third kappa shape index (κ3) is 4.44.